The quantitative estimate of drug-likeness (QED) is 0.884. The van der Waals surface area contributed by atoms with Gasteiger partial charge >= 0.3 is 5.97 Å². The van der Waals surface area contributed by atoms with Gasteiger partial charge in [0.05, 0.1) is 11.6 Å². The molecule has 2 aromatic rings. The zero-order valence-electron chi connectivity index (χ0n) is 13.3. The Labute approximate surface area is 140 Å². The maximum atomic E-state index is 11.0. The number of likely N-dealkylation sites (tertiary alicyclic amines) is 1. The number of ether oxygens (including phenoxy) is 1. The molecule has 124 valence electrons. The molecule has 2 heterocycles. The number of carboxylic acids is 1. The molecule has 1 aromatic carbocycles. The van der Waals surface area contributed by atoms with Gasteiger partial charge in [-0.15, -0.1) is 0 Å². The normalized spacial score (nSPS) is 25.2. The van der Waals surface area contributed by atoms with Crippen LogP contribution in [0.3, 0.4) is 0 Å². The Balaban J connectivity index is 1.27. The molecule has 1 N–H and O–H groups in total. The summed E-state index contributed by atoms with van der Waals surface area (Å²) in [6, 6.07) is 13.9. The second kappa shape index (κ2) is 6.24. The smallest absolute Gasteiger partial charge is 0.307 e. The minimum atomic E-state index is -0.626. The predicted molar refractivity (Wildman–Crippen MR) is 88.4 cm³/mol. The van der Waals surface area contributed by atoms with Gasteiger partial charge in [-0.1, -0.05) is 18.2 Å². The average molecular weight is 324 g/mol. The molecule has 1 aliphatic heterocycles. The number of benzene rings is 1. The van der Waals surface area contributed by atoms with E-state index in [1.165, 1.54) is 5.56 Å². The molecule has 1 saturated heterocycles. The number of hydrogen-bond donors (Lipinski definition) is 1. The number of pyridine rings is 1. The third-order valence-corrected chi connectivity index (χ3v) is 5.00. The van der Waals surface area contributed by atoms with E-state index in [1.807, 2.05) is 30.3 Å². The maximum Gasteiger partial charge on any atom is 0.307 e. The van der Waals surface area contributed by atoms with Crippen LogP contribution in [0, 0.1) is 17.8 Å². The fraction of sp³-hybridized carbons (Fsp3) is 0.368. The van der Waals surface area contributed by atoms with Crippen LogP contribution in [0.25, 0.3) is 0 Å². The van der Waals surface area contributed by atoms with Crippen molar-refractivity contribution in [2.75, 3.05) is 13.1 Å². The van der Waals surface area contributed by atoms with Crippen molar-refractivity contribution in [3.8, 4) is 5.75 Å². The second-order valence-corrected chi connectivity index (χ2v) is 6.64. The lowest BCUT2D eigenvalue weighted by Gasteiger charge is -2.18. The number of nitrogens with zero attached hydrogens (tertiary/aromatic N) is 2. The van der Waals surface area contributed by atoms with Crippen molar-refractivity contribution in [2.45, 2.75) is 13.2 Å². The van der Waals surface area contributed by atoms with Crippen molar-refractivity contribution >= 4 is 5.97 Å². The van der Waals surface area contributed by atoms with E-state index in [0.29, 0.717) is 18.4 Å². The minimum Gasteiger partial charge on any atom is -0.487 e. The van der Waals surface area contributed by atoms with E-state index in [2.05, 4.69) is 22.0 Å². The first-order valence-corrected chi connectivity index (χ1v) is 8.27. The van der Waals surface area contributed by atoms with E-state index in [4.69, 9.17) is 9.84 Å². The molecule has 2 atom stereocenters. The summed E-state index contributed by atoms with van der Waals surface area (Å²) in [5, 5.41) is 9.06. The first kappa shape index (κ1) is 15.1. The first-order valence-electron chi connectivity index (χ1n) is 8.27. The second-order valence-electron chi connectivity index (χ2n) is 6.64. The zero-order valence-corrected chi connectivity index (χ0v) is 13.3. The van der Waals surface area contributed by atoms with Crippen LogP contribution in [0.4, 0.5) is 0 Å². The Morgan fingerprint density at radius 2 is 1.92 bits per heavy atom. The molecule has 1 saturated carbocycles. The molecular formula is C19H20N2O3. The average Bonchev–Trinajstić information content (AvgIpc) is 3.12. The van der Waals surface area contributed by atoms with Gasteiger partial charge in [0.2, 0.25) is 0 Å². The van der Waals surface area contributed by atoms with E-state index in [9.17, 15) is 4.79 Å². The summed E-state index contributed by atoms with van der Waals surface area (Å²) in [7, 11) is 0. The van der Waals surface area contributed by atoms with Gasteiger partial charge in [0, 0.05) is 25.8 Å². The standard InChI is InChI=1S/C19H20N2O3/c22-19(23)18-16-10-21(11-17(16)18)9-13-4-6-15(7-5-13)24-12-14-3-1-2-8-20-14/h1-8,16-18H,9-12H2,(H,22,23). The van der Waals surface area contributed by atoms with Gasteiger partial charge in [-0.05, 0) is 41.7 Å². The Hall–Kier alpha value is -2.40. The SMILES string of the molecule is O=C(O)C1C2CN(Cc3ccc(OCc4ccccn4)cc3)CC21. The number of hydrogen-bond acceptors (Lipinski definition) is 4. The molecule has 1 aromatic heterocycles. The van der Waals surface area contributed by atoms with Crippen LogP contribution in [0.5, 0.6) is 5.75 Å². The van der Waals surface area contributed by atoms with Gasteiger partial charge in [-0.25, -0.2) is 0 Å². The number of aliphatic carboxylic acids is 1. The fourth-order valence-corrected chi connectivity index (χ4v) is 3.70. The molecule has 1 aliphatic carbocycles. The van der Waals surface area contributed by atoms with Crippen molar-refractivity contribution in [3.05, 3.63) is 59.9 Å². The number of rotatable bonds is 6. The molecule has 2 fully saturated rings. The summed E-state index contributed by atoms with van der Waals surface area (Å²) in [6.07, 6.45) is 1.76. The molecule has 2 aliphatic rings. The number of piperidine rings is 1. The molecule has 4 rings (SSSR count). The Morgan fingerprint density at radius 3 is 2.54 bits per heavy atom. The summed E-state index contributed by atoms with van der Waals surface area (Å²) in [6.45, 7) is 3.14. The lowest BCUT2D eigenvalue weighted by molar-refractivity contribution is -0.139. The first-order chi connectivity index (χ1) is 11.7. The van der Waals surface area contributed by atoms with Crippen molar-refractivity contribution in [1.82, 2.24) is 9.88 Å². The highest BCUT2D eigenvalue weighted by atomic mass is 16.5. The van der Waals surface area contributed by atoms with Gasteiger partial charge < -0.3 is 9.84 Å². The summed E-state index contributed by atoms with van der Waals surface area (Å²) >= 11 is 0. The third-order valence-electron chi connectivity index (χ3n) is 5.00. The number of carboxylic acid groups (broad SMARTS) is 1. The highest BCUT2D eigenvalue weighted by Gasteiger charge is 2.59. The van der Waals surface area contributed by atoms with Crippen LogP contribution >= 0.6 is 0 Å². The van der Waals surface area contributed by atoms with Crippen LogP contribution in [-0.4, -0.2) is 34.0 Å². The van der Waals surface area contributed by atoms with Crippen LogP contribution in [-0.2, 0) is 17.9 Å². The van der Waals surface area contributed by atoms with E-state index >= 15 is 0 Å². The van der Waals surface area contributed by atoms with Crippen molar-refractivity contribution in [3.63, 3.8) is 0 Å². The number of aromatic nitrogens is 1. The van der Waals surface area contributed by atoms with Gasteiger partial charge in [-0.2, -0.15) is 0 Å². The van der Waals surface area contributed by atoms with E-state index in [-0.39, 0.29) is 5.92 Å². The maximum absolute atomic E-state index is 11.0. The van der Waals surface area contributed by atoms with Crippen LogP contribution in [0.1, 0.15) is 11.3 Å². The minimum absolute atomic E-state index is 0.0939. The molecule has 0 spiro atoms. The van der Waals surface area contributed by atoms with Gasteiger partial charge in [0.15, 0.2) is 0 Å². The van der Waals surface area contributed by atoms with E-state index in [1.54, 1.807) is 6.20 Å². The Bertz CT molecular complexity index is 705. The summed E-state index contributed by atoms with van der Waals surface area (Å²) < 4.78 is 5.74. The van der Waals surface area contributed by atoms with Gasteiger partial charge in [0.1, 0.15) is 12.4 Å². The Morgan fingerprint density at radius 1 is 1.17 bits per heavy atom. The molecule has 0 bridgehead atoms. The van der Waals surface area contributed by atoms with Crippen LogP contribution in [0.15, 0.2) is 48.7 Å². The van der Waals surface area contributed by atoms with Crippen molar-refractivity contribution in [1.29, 1.82) is 0 Å². The molecule has 5 heteroatoms. The molecule has 2 unspecified atom stereocenters. The summed E-state index contributed by atoms with van der Waals surface area (Å²) in [4.78, 5) is 17.6. The topological polar surface area (TPSA) is 62.7 Å². The monoisotopic (exact) mass is 324 g/mol. The fourth-order valence-electron chi connectivity index (χ4n) is 3.70. The van der Waals surface area contributed by atoms with Crippen molar-refractivity contribution < 1.29 is 14.6 Å². The largest absolute Gasteiger partial charge is 0.487 e. The zero-order chi connectivity index (χ0) is 16.5. The van der Waals surface area contributed by atoms with E-state index < -0.39 is 5.97 Å². The number of carbonyl (C=O) groups is 1. The lowest BCUT2D eigenvalue weighted by Crippen LogP contribution is -2.25. The number of fused-ring (bicyclic) bond motifs is 1. The highest BCUT2D eigenvalue weighted by Crippen LogP contribution is 2.51. The predicted octanol–water partition coefficient (Wildman–Crippen LogP) is 2.42. The molecule has 0 radical (unpaired) electrons. The molecule has 24 heavy (non-hydrogen) atoms. The summed E-state index contributed by atoms with van der Waals surface area (Å²) in [5.41, 5.74) is 2.14. The molecule has 0 amide bonds. The Kier molecular flexibility index (Phi) is 3.94. The lowest BCUT2D eigenvalue weighted by atomic mass is 10.2. The molecular weight excluding hydrogens is 304 g/mol. The van der Waals surface area contributed by atoms with Crippen LogP contribution < -0.4 is 4.74 Å². The molecule has 5 nitrogen and oxygen atoms in total. The third kappa shape index (κ3) is 3.12. The van der Waals surface area contributed by atoms with Gasteiger partial charge in [-0.3, -0.25) is 14.7 Å². The van der Waals surface area contributed by atoms with E-state index in [0.717, 1.165) is 31.1 Å². The highest BCUT2D eigenvalue weighted by molar-refractivity contribution is 5.74. The van der Waals surface area contributed by atoms with Crippen molar-refractivity contribution in [2.24, 2.45) is 17.8 Å². The summed E-state index contributed by atoms with van der Waals surface area (Å²) in [5.74, 6) is 0.842. The van der Waals surface area contributed by atoms with Gasteiger partial charge in [0.25, 0.3) is 0 Å². The van der Waals surface area contributed by atoms with Crippen LogP contribution in [0.2, 0.25) is 0 Å².